The zero-order valence-electron chi connectivity index (χ0n) is 13.1. The van der Waals surface area contributed by atoms with Gasteiger partial charge in [0.15, 0.2) is 0 Å². The van der Waals surface area contributed by atoms with E-state index in [1.807, 2.05) is 36.4 Å². The summed E-state index contributed by atoms with van der Waals surface area (Å²) in [6.45, 7) is 4.12. The third-order valence-electron chi connectivity index (χ3n) is 3.50. The number of amides is 1. The summed E-state index contributed by atoms with van der Waals surface area (Å²) in [7, 11) is 3.56. The molecule has 21 heavy (non-hydrogen) atoms. The van der Waals surface area contributed by atoms with E-state index in [0.717, 1.165) is 16.8 Å². The molecular weight excluding hydrogens is 260 g/mol. The molecule has 110 valence electrons. The van der Waals surface area contributed by atoms with Crippen LogP contribution >= 0.6 is 0 Å². The zero-order chi connectivity index (χ0) is 15.4. The van der Waals surface area contributed by atoms with Crippen LogP contribution < -0.4 is 5.32 Å². The maximum atomic E-state index is 12.5. The Bertz CT molecular complexity index is 620. The van der Waals surface area contributed by atoms with E-state index in [2.05, 4.69) is 31.3 Å². The number of rotatable bonds is 4. The number of nitrogens with one attached hydrogen (secondary N) is 1. The summed E-state index contributed by atoms with van der Waals surface area (Å²) >= 11 is 0. The van der Waals surface area contributed by atoms with E-state index in [0.29, 0.717) is 0 Å². The highest BCUT2D eigenvalue weighted by molar-refractivity contribution is 5.86. The lowest BCUT2D eigenvalue weighted by molar-refractivity contribution is -0.129. The van der Waals surface area contributed by atoms with Gasteiger partial charge >= 0.3 is 0 Å². The van der Waals surface area contributed by atoms with Crippen LogP contribution in [0.3, 0.4) is 0 Å². The van der Waals surface area contributed by atoms with Gasteiger partial charge in [-0.2, -0.15) is 0 Å². The fourth-order valence-electron chi connectivity index (χ4n) is 2.32. The van der Waals surface area contributed by atoms with Crippen LogP contribution in [0.2, 0.25) is 0 Å². The Labute approximate surface area is 126 Å². The van der Waals surface area contributed by atoms with Crippen molar-refractivity contribution in [2.45, 2.75) is 19.9 Å². The van der Waals surface area contributed by atoms with Crippen molar-refractivity contribution >= 4 is 11.6 Å². The second-order valence-electron chi connectivity index (χ2n) is 5.54. The van der Waals surface area contributed by atoms with Gasteiger partial charge in [-0.3, -0.25) is 4.79 Å². The Balaban J connectivity index is 2.34. The van der Waals surface area contributed by atoms with Crippen molar-refractivity contribution in [3.05, 3.63) is 65.2 Å². The standard InChI is InChI=1S/C18H22N2O/c1-13-10-11-16(14(2)12-13)19-17(18(21)20(3)4)15-8-6-5-7-9-15/h5-12,17,19H,1-4H3/t17-/m0/s1. The molecule has 0 spiro atoms. The fourth-order valence-corrected chi connectivity index (χ4v) is 2.32. The molecule has 0 aliphatic heterocycles. The maximum Gasteiger partial charge on any atom is 0.249 e. The Hall–Kier alpha value is -2.29. The molecular formula is C18H22N2O. The first kappa shape index (κ1) is 15.1. The molecule has 1 amide bonds. The van der Waals surface area contributed by atoms with Crippen molar-refractivity contribution < 1.29 is 4.79 Å². The number of nitrogens with zero attached hydrogens (tertiary/aromatic N) is 1. The Morgan fingerprint density at radius 3 is 2.29 bits per heavy atom. The van der Waals surface area contributed by atoms with Crippen LogP contribution in [0.5, 0.6) is 0 Å². The van der Waals surface area contributed by atoms with Crippen molar-refractivity contribution in [1.29, 1.82) is 0 Å². The van der Waals surface area contributed by atoms with Crippen LogP contribution in [0.1, 0.15) is 22.7 Å². The van der Waals surface area contributed by atoms with E-state index in [9.17, 15) is 4.79 Å². The van der Waals surface area contributed by atoms with Crippen molar-refractivity contribution in [2.24, 2.45) is 0 Å². The van der Waals surface area contributed by atoms with E-state index in [1.54, 1.807) is 19.0 Å². The van der Waals surface area contributed by atoms with Crippen molar-refractivity contribution in [1.82, 2.24) is 4.90 Å². The molecule has 0 heterocycles. The molecule has 2 rings (SSSR count). The molecule has 3 heteroatoms. The minimum atomic E-state index is -0.373. The van der Waals surface area contributed by atoms with Gasteiger partial charge in [0.1, 0.15) is 6.04 Å². The summed E-state index contributed by atoms with van der Waals surface area (Å²) in [4.78, 5) is 14.1. The average molecular weight is 282 g/mol. The van der Waals surface area contributed by atoms with Crippen LogP contribution in [-0.4, -0.2) is 24.9 Å². The number of likely N-dealkylation sites (N-methyl/N-ethyl adjacent to an activating group) is 1. The zero-order valence-corrected chi connectivity index (χ0v) is 13.1. The summed E-state index contributed by atoms with van der Waals surface area (Å²) in [6.07, 6.45) is 0. The first-order valence-corrected chi connectivity index (χ1v) is 7.09. The predicted molar refractivity (Wildman–Crippen MR) is 87.4 cm³/mol. The lowest BCUT2D eigenvalue weighted by atomic mass is 10.0. The van der Waals surface area contributed by atoms with E-state index in [4.69, 9.17) is 0 Å². The third kappa shape index (κ3) is 3.63. The number of carbonyl (C=O) groups is 1. The molecule has 3 nitrogen and oxygen atoms in total. The van der Waals surface area contributed by atoms with Gasteiger partial charge in [0.05, 0.1) is 0 Å². The van der Waals surface area contributed by atoms with Gasteiger partial charge in [-0.25, -0.2) is 0 Å². The summed E-state index contributed by atoms with van der Waals surface area (Å²) in [6, 6.07) is 15.6. The quantitative estimate of drug-likeness (QED) is 0.930. The first-order chi connectivity index (χ1) is 9.99. The fraction of sp³-hybridized carbons (Fsp3) is 0.278. The summed E-state index contributed by atoms with van der Waals surface area (Å²) in [5.74, 6) is 0.0428. The topological polar surface area (TPSA) is 32.3 Å². The molecule has 0 bridgehead atoms. The van der Waals surface area contributed by atoms with Crippen LogP contribution in [0, 0.1) is 13.8 Å². The molecule has 1 N–H and O–H groups in total. The minimum Gasteiger partial charge on any atom is -0.370 e. The van der Waals surface area contributed by atoms with Gasteiger partial charge in [-0.1, -0.05) is 48.0 Å². The van der Waals surface area contributed by atoms with Gasteiger partial charge in [0, 0.05) is 19.8 Å². The Morgan fingerprint density at radius 2 is 1.71 bits per heavy atom. The molecule has 0 aliphatic rings. The summed E-state index contributed by atoms with van der Waals surface area (Å²) < 4.78 is 0. The summed E-state index contributed by atoms with van der Waals surface area (Å²) in [5, 5.41) is 3.38. The van der Waals surface area contributed by atoms with Crippen LogP contribution in [0.4, 0.5) is 5.69 Å². The average Bonchev–Trinajstić information content (AvgIpc) is 2.46. The molecule has 1 atom stereocenters. The number of hydrogen-bond acceptors (Lipinski definition) is 2. The number of benzene rings is 2. The van der Waals surface area contributed by atoms with E-state index in [1.165, 1.54) is 5.56 Å². The van der Waals surface area contributed by atoms with Gasteiger partial charge in [0.25, 0.3) is 0 Å². The SMILES string of the molecule is Cc1ccc(N[C@H](C(=O)N(C)C)c2ccccc2)c(C)c1. The number of carbonyl (C=O) groups excluding carboxylic acids is 1. The minimum absolute atomic E-state index is 0.0428. The predicted octanol–water partition coefficient (Wildman–Crippen LogP) is 3.54. The summed E-state index contributed by atoms with van der Waals surface area (Å²) in [5.41, 5.74) is 4.32. The first-order valence-electron chi connectivity index (χ1n) is 7.09. The van der Waals surface area contributed by atoms with Gasteiger partial charge in [-0.05, 0) is 31.0 Å². The molecule has 0 aromatic heterocycles. The van der Waals surface area contributed by atoms with E-state index >= 15 is 0 Å². The Morgan fingerprint density at radius 1 is 1.05 bits per heavy atom. The molecule has 0 aliphatic carbocycles. The monoisotopic (exact) mass is 282 g/mol. The lowest BCUT2D eigenvalue weighted by Crippen LogP contribution is -2.32. The normalized spacial score (nSPS) is 11.8. The van der Waals surface area contributed by atoms with Crippen LogP contribution in [-0.2, 0) is 4.79 Å². The van der Waals surface area contributed by atoms with Crippen molar-refractivity contribution in [3.63, 3.8) is 0 Å². The van der Waals surface area contributed by atoms with Gasteiger partial charge < -0.3 is 10.2 Å². The van der Waals surface area contributed by atoms with Gasteiger partial charge in [0.2, 0.25) is 5.91 Å². The smallest absolute Gasteiger partial charge is 0.249 e. The second kappa shape index (κ2) is 6.44. The molecule has 0 unspecified atom stereocenters. The molecule has 2 aromatic carbocycles. The van der Waals surface area contributed by atoms with Crippen LogP contribution in [0.15, 0.2) is 48.5 Å². The third-order valence-corrected chi connectivity index (χ3v) is 3.50. The van der Waals surface area contributed by atoms with E-state index < -0.39 is 0 Å². The second-order valence-corrected chi connectivity index (χ2v) is 5.54. The van der Waals surface area contributed by atoms with E-state index in [-0.39, 0.29) is 11.9 Å². The maximum absolute atomic E-state index is 12.5. The number of aryl methyl sites for hydroxylation is 2. The highest BCUT2D eigenvalue weighted by atomic mass is 16.2. The Kier molecular flexibility index (Phi) is 4.63. The highest BCUT2D eigenvalue weighted by Crippen LogP contribution is 2.24. The number of anilines is 1. The molecule has 0 radical (unpaired) electrons. The largest absolute Gasteiger partial charge is 0.370 e. The highest BCUT2D eigenvalue weighted by Gasteiger charge is 2.22. The molecule has 0 saturated carbocycles. The molecule has 0 fully saturated rings. The van der Waals surface area contributed by atoms with Gasteiger partial charge in [-0.15, -0.1) is 0 Å². The molecule has 2 aromatic rings. The number of hydrogen-bond donors (Lipinski definition) is 1. The molecule has 0 saturated heterocycles. The van der Waals surface area contributed by atoms with Crippen LogP contribution in [0.25, 0.3) is 0 Å². The lowest BCUT2D eigenvalue weighted by Gasteiger charge is -2.24. The van der Waals surface area contributed by atoms with Crippen molar-refractivity contribution in [3.8, 4) is 0 Å². The van der Waals surface area contributed by atoms with Crippen molar-refractivity contribution in [2.75, 3.05) is 19.4 Å².